The van der Waals surface area contributed by atoms with E-state index < -0.39 is 5.60 Å². The second kappa shape index (κ2) is 16.8. The number of aliphatic hydroxyl groups is 1. The van der Waals surface area contributed by atoms with Crippen molar-refractivity contribution in [3.63, 3.8) is 0 Å². The maximum Gasteiger partial charge on any atom is 0.306 e. The third-order valence-electron chi connectivity index (χ3n) is 7.04. The van der Waals surface area contributed by atoms with Gasteiger partial charge in [-0.3, -0.25) is 9.63 Å². The van der Waals surface area contributed by atoms with Gasteiger partial charge in [-0.2, -0.15) is 5.06 Å². The zero-order valence-corrected chi connectivity index (χ0v) is 24.9. The first kappa shape index (κ1) is 33.1. The van der Waals surface area contributed by atoms with Gasteiger partial charge in [-0.15, -0.1) is 0 Å². The Morgan fingerprint density at radius 3 is 1.83 bits per heavy atom. The summed E-state index contributed by atoms with van der Waals surface area (Å²) >= 11 is 0. The molecule has 1 rings (SSSR count). The SMILES string of the molecule is CCCCCCCC/C=C\CCCCCCCC(=O)OC1CC(C)(C)N(OCC(C)(C)O)C(C)(C)C1. The van der Waals surface area contributed by atoms with E-state index in [1.807, 2.05) is 5.06 Å². The Morgan fingerprint density at radius 2 is 1.33 bits per heavy atom. The number of nitrogens with zero attached hydrogens (tertiary/aromatic N) is 1. The molecule has 0 aromatic carbocycles. The van der Waals surface area contributed by atoms with Gasteiger partial charge < -0.3 is 9.84 Å². The molecular weight excluding hydrogens is 450 g/mol. The van der Waals surface area contributed by atoms with Crippen LogP contribution in [0.1, 0.15) is 151 Å². The molecule has 212 valence electrons. The van der Waals surface area contributed by atoms with Crippen LogP contribution in [0.25, 0.3) is 0 Å². The standard InChI is InChI=1S/C31H59NO4/c1-8-9-10-11-12-13-14-15-16-17-18-19-20-21-22-23-28(33)36-27-24-29(2,3)32(30(4,5)25-27)35-26-31(6,7)34/h15-16,27,34H,8-14,17-26H2,1-7H3/b16-15-. The summed E-state index contributed by atoms with van der Waals surface area (Å²) in [5, 5.41) is 12.1. The molecule has 1 fully saturated rings. The molecule has 1 saturated heterocycles. The summed E-state index contributed by atoms with van der Waals surface area (Å²) in [6.45, 7) is 14.5. The zero-order chi connectivity index (χ0) is 27.1. The second-order valence-corrected chi connectivity index (χ2v) is 12.9. The molecule has 1 aliphatic rings. The number of ether oxygens (including phenoxy) is 1. The van der Waals surface area contributed by atoms with Crippen molar-refractivity contribution in [3.8, 4) is 0 Å². The highest BCUT2D eigenvalue weighted by Gasteiger charge is 2.48. The molecule has 0 aromatic rings. The molecule has 5 heteroatoms. The third-order valence-corrected chi connectivity index (χ3v) is 7.04. The van der Waals surface area contributed by atoms with Crippen LogP contribution < -0.4 is 0 Å². The van der Waals surface area contributed by atoms with E-state index in [2.05, 4.69) is 46.8 Å². The minimum absolute atomic E-state index is 0.0740. The van der Waals surface area contributed by atoms with E-state index in [0.29, 0.717) is 6.42 Å². The number of esters is 1. The van der Waals surface area contributed by atoms with Crippen LogP contribution in [0, 0.1) is 0 Å². The minimum Gasteiger partial charge on any atom is -0.462 e. The lowest BCUT2D eigenvalue weighted by Crippen LogP contribution is -2.62. The quantitative estimate of drug-likeness (QED) is 0.108. The van der Waals surface area contributed by atoms with Crippen LogP contribution in [-0.4, -0.2) is 45.5 Å². The molecule has 1 aliphatic heterocycles. The smallest absolute Gasteiger partial charge is 0.306 e. The number of hydrogen-bond donors (Lipinski definition) is 1. The summed E-state index contributed by atoms with van der Waals surface area (Å²) < 4.78 is 5.90. The molecular formula is C31H59NO4. The van der Waals surface area contributed by atoms with Crippen molar-refractivity contribution in [2.24, 2.45) is 0 Å². The van der Waals surface area contributed by atoms with E-state index >= 15 is 0 Å². The lowest BCUT2D eigenvalue weighted by molar-refractivity contribution is -0.306. The molecule has 5 nitrogen and oxygen atoms in total. The third kappa shape index (κ3) is 14.7. The lowest BCUT2D eigenvalue weighted by atomic mass is 9.80. The Balaban J connectivity index is 2.15. The molecule has 0 bridgehead atoms. The molecule has 1 N–H and O–H groups in total. The maximum atomic E-state index is 12.5. The molecule has 0 unspecified atom stereocenters. The molecule has 0 atom stereocenters. The molecule has 36 heavy (non-hydrogen) atoms. The van der Waals surface area contributed by atoms with E-state index in [-0.39, 0.29) is 29.8 Å². The molecule has 0 amide bonds. The van der Waals surface area contributed by atoms with Crippen molar-refractivity contribution in [2.75, 3.05) is 6.61 Å². The van der Waals surface area contributed by atoms with E-state index in [0.717, 1.165) is 25.7 Å². The molecule has 0 radical (unpaired) electrons. The number of hydroxylamine groups is 2. The Hall–Kier alpha value is -0.910. The van der Waals surface area contributed by atoms with Crippen molar-refractivity contribution in [1.29, 1.82) is 0 Å². The number of unbranched alkanes of at least 4 members (excludes halogenated alkanes) is 11. The lowest BCUT2D eigenvalue weighted by Gasteiger charge is -2.53. The van der Waals surface area contributed by atoms with Gasteiger partial charge in [0, 0.05) is 30.3 Å². The van der Waals surface area contributed by atoms with E-state index in [1.165, 1.54) is 70.6 Å². The summed E-state index contributed by atoms with van der Waals surface area (Å²) in [6.07, 6.45) is 22.9. The van der Waals surface area contributed by atoms with Crippen molar-refractivity contribution in [1.82, 2.24) is 5.06 Å². The molecule has 0 aromatic heterocycles. The van der Waals surface area contributed by atoms with Crippen molar-refractivity contribution >= 4 is 5.97 Å². The minimum atomic E-state index is -0.889. The van der Waals surface area contributed by atoms with Gasteiger partial charge in [0.05, 0.1) is 12.2 Å². The average molecular weight is 510 g/mol. The highest BCUT2D eigenvalue weighted by atomic mass is 16.7. The fraction of sp³-hybridized carbons (Fsp3) is 0.903. The number of rotatable bonds is 19. The first-order valence-electron chi connectivity index (χ1n) is 14.9. The van der Waals surface area contributed by atoms with Crippen LogP contribution in [0.3, 0.4) is 0 Å². The fourth-order valence-corrected chi connectivity index (χ4v) is 5.41. The van der Waals surface area contributed by atoms with Gasteiger partial charge in [0.25, 0.3) is 0 Å². The van der Waals surface area contributed by atoms with E-state index in [9.17, 15) is 9.90 Å². The average Bonchev–Trinajstić information content (AvgIpc) is 2.73. The number of allylic oxidation sites excluding steroid dienone is 2. The monoisotopic (exact) mass is 509 g/mol. The maximum absolute atomic E-state index is 12.5. The highest BCUT2D eigenvalue weighted by Crippen LogP contribution is 2.40. The fourth-order valence-electron chi connectivity index (χ4n) is 5.41. The number of hydrogen-bond acceptors (Lipinski definition) is 5. The first-order chi connectivity index (χ1) is 16.9. The van der Waals surface area contributed by atoms with Crippen LogP contribution in [0.5, 0.6) is 0 Å². The predicted molar refractivity (Wildman–Crippen MR) is 151 cm³/mol. The Bertz CT molecular complexity index is 603. The van der Waals surface area contributed by atoms with Crippen molar-refractivity contribution < 1.29 is 19.5 Å². The van der Waals surface area contributed by atoms with Gasteiger partial charge in [0.15, 0.2) is 0 Å². The van der Waals surface area contributed by atoms with Crippen molar-refractivity contribution in [3.05, 3.63) is 12.2 Å². The van der Waals surface area contributed by atoms with Gasteiger partial charge in [-0.25, -0.2) is 0 Å². The summed E-state index contributed by atoms with van der Waals surface area (Å²) in [7, 11) is 0. The largest absolute Gasteiger partial charge is 0.462 e. The normalized spacial score (nSPS) is 18.7. The van der Waals surface area contributed by atoms with Crippen LogP contribution >= 0.6 is 0 Å². The first-order valence-corrected chi connectivity index (χ1v) is 14.9. The highest BCUT2D eigenvalue weighted by molar-refractivity contribution is 5.69. The summed E-state index contributed by atoms with van der Waals surface area (Å²) in [5.74, 6) is -0.0740. The van der Waals surface area contributed by atoms with E-state index in [4.69, 9.17) is 9.57 Å². The number of carbonyl (C=O) groups is 1. The van der Waals surface area contributed by atoms with Crippen LogP contribution in [-0.2, 0) is 14.4 Å². The van der Waals surface area contributed by atoms with Gasteiger partial charge in [-0.05, 0) is 73.6 Å². The van der Waals surface area contributed by atoms with Gasteiger partial charge >= 0.3 is 5.97 Å². The van der Waals surface area contributed by atoms with E-state index in [1.54, 1.807) is 13.8 Å². The molecule has 0 saturated carbocycles. The summed E-state index contributed by atoms with van der Waals surface area (Å²) in [4.78, 5) is 18.5. The van der Waals surface area contributed by atoms with Crippen LogP contribution in [0.15, 0.2) is 12.2 Å². The Labute approximate surface area is 223 Å². The molecule has 0 aliphatic carbocycles. The summed E-state index contributed by atoms with van der Waals surface area (Å²) in [5.41, 5.74) is -1.47. The predicted octanol–water partition coefficient (Wildman–Crippen LogP) is 8.29. The second-order valence-electron chi connectivity index (χ2n) is 12.9. The van der Waals surface area contributed by atoms with Gasteiger partial charge in [0.2, 0.25) is 0 Å². The Morgan fingerprint density at radius 1 is 0.861 bits per heavy atom. The van der Waals surface area contributed by atoms with Gasteiger partial charge in [-0.1, -0.05) is 70.4 Å². The van der Waals surface area contributed by atoms with Crippen LogP contribution in [0.4, 0.5) is 0 Å². The van der Waals surface area contributed by atoms with Crippen molar-refractivity contribution in [2.45, 2.75) is 174 Å². The Kier molecular flexibility index (Phi) is 15.5. The molecule has 1 heterocycles. The number of carbonyl (C=O) groups excluding carboxylic acids is 1. The molecule has 0 spiro atoms. The summed E-state index contributed by atoms with van der Waals surface area (Å²) in [6, 6.07) is 0. The van der Waals surface area contributed by atoms with Crippen LogP contribution in [0.2, 0.25) is 0 Å². The van der Waals surface area contributed by atoms with Gasteiger partial charge in [0.1, 0.15) is 6.10 Å². The topological polar surface area (TPSA) is 59.0 Å². The zero-order valence-electron chi connectivity index (χ0n) is 24.9. The number of piperidine rings is 1.